The van der Waals surface area contributed by atoms with Crippen molar-refractivity contribution in [1.82, 2.24) is 15.2 Å². The third kappa shape index (κ3) is 4.41. The number of para-hydroxylation sites is 1. The monoisotopic (exact) mass is 452 g/mol. The number of hydrogen-bond donors (Lipinski definition) is 1. The van der Waals surface area contributed by atoms with E-state index < -0.39 is 0 Å². The largest absolute Gasteiger partial charge is 0.294 e. The van der Waals surface area contributed by atoms with Gasteiger partial charge >= 0.3 is 0 Å². The van der Waals surface area contributed by atoms with Crippen molar-refractivity contribution in [3.05, 3.63) is 63.1 Å². The number of nitrogens with one attached hydrogen (secondary N) is 1. The number of anilines is 1. The van der Waals surface area contributed by atoms with Crippen molar-refractivity contribution < 1.29 is 4.79 Å². The van der Waals surface area contributed by atoms with Crippen LogP contribution in [0, 0.1) is 0 Å². The van der Waals surface area contributed by atoms with E-state index in [0.717, 1.165) is 20.1 Å². The van der Waals surface area contributed by atoms with Crippen molar-refractivity contribution in [3.8, 4) is 0 Å². The third-order valence-electron chi connectivity index (χ3n) is 3.48. The fraction of sp³-hybridized carbons (Fsp3) is 0.0588. The van der Waals surface area contributed by atoms with E-state index in [9.17, 15) is 4.79 Å². The zero-order chi connectivity index (χ0) is 18.8. The zero-order valence-electron chi connectivity index (χ0n) is 13.5. The molecule has 0 aliphatic rings. The summed E-state index contributed by atoms with van der Waals surface area (Å²) in [6.45, 7) is 0. The number of thiazole rings is 1. The standard InChI is InChI=1S/C17H10Cl2N4OS3/c18-10-6-5-9(11(19)7-10)8-25-17-23-22-16(27-17)21-14(24)15-20-12-3-1-2-4-13(12)26-15/h1-7H,8H2,(H,21,22,24). The van der Waals surface area contributed by atoms with E-state index in [1.165, 1.54) is 34.4 Å². The lowest BCUT2D eigenvalue weighted by Gasteiger charge is -2.02. The normalized spacial score (nSPS) is 11.0. The number of rotatable bonds is 5. The minimum atomic E-state index is -0.287. The van der Waals surface area contributed by atoms with Crippen LogP contribution in [-0.2, 0) is 5.75 Å². The number of halogens is 2. The summed E-state index contributed by atoms with van der Waals surface area (Å²) >= 11 is 16.2. The molecule has 0 saturated heterocycles. The lowest BCUT2D eigenvalue weighted by atomic mass is 10.2. The molecule has 2 heterocycles. The molecule has 4 aromatic rings. The molecular formula is C17H10Cl2N4OS3. The van der Waals surface area contributed by atoms with Crippen molar-refractivity contribution in [2.45, 2.75) is 10.1 Å². The molecule has 0 atom stereocenters. The second-order valence-corrected chi connectivity index (χ2v) is 9.41. The Morgan fingerprint density at radius 2 is 1.96 bits per heavy atom. The van der Waals surface area contributed by atoms with Gasteiger partial charge in [-0.1, -0.05) is 64.5 Å². The Hall–Kier alpha value is -1.71. The van der Waals surface area contributed by atoms with Gasteiger partial charge < -0.3 is 0 Å². The quantitative estimate of drug-likeness (QED) is 0.297. The molecule has 0 radical (unpaired) electrons. The second-order valence-electron chi connectivity index (χ2n) is 5.34. The molecule has 27 heavy (non-hydrogen) atoms. The third-order valence-corrected chi connectivity index (χ3v) is 7.12. The first-order valence-electron chi connectivity index (χ1n) is 7.65. The maximum Gasteiger partial charge on any atom is 0.286 e. The van der Waals surface area contributed by atoms with Crippen molar-refractivity contribution >= 4 is 78.9 Å². The maximum absolute atomic E-state index is 12.4. The van der Waals surface area contributed by atoms with Gasteiger partial charge in [-0.05, 0) is 29.8 Å². The predicted octanol–water partition coefficient (Wildman–Crippen LogP) is 6.00. The van der Waals surface area contributed by atoms with E-state index >= 15 is 0 Å². The number of amides is 1. The summed E-state index contributed by atoms with van der Waals surface area (Å²) < 4.78 is 1.71. The van der Waals surface area contributed by atoms with E-state index in [4.69, 9.17) is 23.2 Å². The first kappa shape index (κ1) is 18.6. The fourth-order valence-corrected chi connectivity index (χ4v) is 5.38. The molecule has 10 heteroatoms. The molecule has 2 aromatic carbocycles. The number of aromatic nitrogens is 3. The Bertz CT molecular complexity index is 1100. The molecule has 1 N–H and O–H groups in total. The SMILES string of the molecule is O=C(Nc1nnc(SCc2ccc(Cl)cc2Cl)s1)c1nc2ccccc2s1. The van der Waals surface area contributed by atoms with Crippen LogP contribution < -0.4 is 5.32 Å². The number of hydrogen-bond acceptors (Lipinski definition) is 7. The summed E-state index contributed by atoms with van der Waals surface area (Å²) in [5.74, 6) is 0.348. The van der Waals surface area contributed by atoms with Crippen LogP contribution in [-0.4, -0.2) is 21.1 Å². The molecule has 0 saturated carbocycles. The zero-order valence-corrected chi connectivity index (χ0v) is 17.4. The summed E-state index contributed by atoms with van der Waals surface area (Å²) in [4.78, 5) is 16.7. The van der Waals surface area contributed by atoms with Crippen LogP contribution in [0.25, 0.3) is 10.2 Å². The minimum Gasteiger partial charge on any atom is -0.294 e. The topological polar surface area (TPSA) is 67.8 Å². The molecule has 136 valence electrons. The van der Waals surface area contributed by atoms with Crippen molar-refractivity contribution in [1.29, 1.82) is 0 Å². The van der Waals surface area contributed by atoms with Crippen LogP contribution in [0.2, 0.25) is 10.0 Å². The van der Waals surface area contributed by atoms with Gasteiger partial charge in [-0.2, -0.15) is 0 Å². The highest BCUT2D eigenvalue weighted by Crippen LogP contribution is 2.32. The Balaban J connectivity index is 1.40. The van der Waals surface area contributed by atoms with Crippen LogP contribution in [0.1, 0.15) is 15.4 Å². The van der Waals surface area contributed by atoms with Gasteiger partial charge in [-0.15, -0.1) is 21.5 Å². The Kier molecular flexibility index (Phi) is 5.60. The van der Waals surface area contributed by atoms with E-state index in [1.807, 2.05) is 30.3 Å². The summed E-state index contributed by atoms with van der Waals surface area (Å²) in [5.41, 5.74) is 1.77. The number of carbonyl (C=O) groups excluding carboxylic acids is 1. The summed E-state index contributed by atoms with van der Waals surface area (Å²) in [5, 5.41) is 12.9. The van der Waals surface area contributed by atoms with Gasteiger partial charge in [0.05, 0.1) is 10.2 Å². The average Bonchev–Trinajstić information content (AvgIpc) is 3.27. The molecular weight excluding hydrogens is 443 g/mol. The van der Waals surface area contributed by atoms with Crippen molar-refractivity contribution in [2.24, 2.45) is 0 Å². The predicted molar refractivity (Wildman–Crippen MR) is 114 cm³/mol. The molecule has 0 bridgehead atoms. The van der Waals surface area contributed by atoms with Crippen LogP contribution in [0.3, 0.4) is 0 Å². The van der Waals surface area contributed by atoms with E-state index in [1.54, 1.807) is 12.1 Å². The van der Waals surface area contributed by atoms with Crippen LogP contribution in [0.5, 0.6) is 0 Å². The highest BCUT2D eigenvalue weighted by molar-refractivity contribution is 8.00. The molecule has 0 spiro atoms. The molecule has 5 nitrogen and oxygen atoms in total. The Labute approximate surface area is 176 Å². The van der Waals surface area contributed by atoms with Gasteiger partial charge in [0.1, 0.15) is 0 Å². The van der Waals surface area contributed by atoms with Gasteiger partial charge in [0, 0.05) is 15.8 Å². The van der Waals surface area contributed by atoms with Gasteiger partial charge in [0.2, 0.25) is 5.13 Å². The van der Waals surface area contributed by atoms with Gasteiger partial charge in [0.25, 0.3) is 5.91 Å². The summed E-state index contributed by atoms with van der Waals surface area (Å²) in [6.07, 6.45) is 0. The molecule has 0 unspecified atom stereocenters. The van der Waals surface area contributed by atoms with Crippen molar-refractivity contribution in [3.63, 3.8) is 0 Å². The summed E-state index contributed by atoms with van der Waals surface area (Å²) in [7, 11) is 0. The Morgan fingerprint density at radius 1 is 1.11 bits per heavy atom. The molecule has 1 amide bonds. The first-order valence-corrected chi connectivity index (χ1v) is 11.0. The molecule has 0 fully saturated rings. The van der Waals surface area contributed by atoms with Gasteiger partial charge in [-0.3, -0.25) is 10.1 Å². The second kappa shape index (κ2) is 8.12. The van der Waals surface area contributed by atoms with E-state index in [0.29, 0.717) is 25.9 Å². The maximum atomic E-state index is 12.4. The smallest absolute Gasteiger partial charge is 0.286 e. The minimum absolute atomic E-state index is 0.287. The lowest BCUT2D eigenvalue weighted by molar-refractivity contribution is 0.102. The molecule has 2 aromatic heterocycles. The molecule has 4 rings (SSSR count). The highest BCUT2D eigenvalue weighted by Gasteiger charge is 2.15. The molecule has 0 aliphatic carbocycles. The van der Waals surface area contributed by atoms with Crippen LogP contribution in [0.4, 0.5) is 5.13 Å². The number of carbonyl (C=O) groups is 1. The van der Waals surface area contributed by atoms with Crippen LogP contribution >= 0.6 is 57.6 Å². The van der Waals surface area contributed by atoms with Crippen LogP contribution in [0.15, 0.2) is 46.8 Å². The average molecular weight is 453 g/mol. The lowest BCUT2D eigenvalue weighted by Crippen LogP contribution is -2.11. The van der Waals surface area contributed by atoms with E-state index in [2.05, 4.69) is 20.5 Å². The molecule has 0 aliphatic heterocycles. The fourth-order valence-electron chi connectivity index (χ4n) is 2.22. The summed E-state index contributed by atoms with van der Waals surface area (Å²) in [6, 6.07) is 13.0. The highest BCUT2D eigenvalue weighted by atomic mass is 35.5. The first-order chi connectivity index (χ1) is 13.1. The van der Waals surface area contributed by atoms with Crippen molar-refractivity contribution in [2.75, 3.05) is 5.32 Å². The van der Waals surface area contributed by atoms with Gasteiger partial charge in [-0.25, -0.2) is 4.98 Å². The Morgan fingerprint density at radius 3 is 2.78 bits per heavy atom. The number of thioether (sulfide) groups is 1. The number of nitrogens with zero attached hydrogens (tertiary/aromatic N) is 3. The number of fused-ring (bicyclic) bond motifs is 1. The number of benzene rings is 2. The van der Waals surface area contributed by atoms with Gasteiger partial charge in [0.15, 0.2) is 9.35 Å². The van der Waals surface area contributed by atoms with E-state index in [-0.39, 0.29) is 5.91 Å².